The van der Waals surface area contributed by atoms with Crippen molar-refractivity contribution in [3.05, 3.63) is 0 Å². The predicted molar refractivity (Wildman–Crippen MR) is 63.1 cm³/mol. The van der Waals surface area contributed by atoms with E-state index < -0.39 is 0 Å². The zero-order chi connectivity index (χ0) is 10.8. The minimum Gasteiger partial charge on any atom is -0.409 e. The van der Waals surface area contributed by atoms with E-state index in [1.807, 2.05) is 11.8 Å². The molecule has 0 heterocycles. The highest BCUT2D eigenvalue weighted by atomic mass is 32.2. The zero-order valence-corrected chi connectivity index (χ0v) is 9.81. The second-order valence-electron chi connectivity index (χ2n) is 3.46. The number of thioether (sulfide) groups is 1. The van der Waals surface area contributed by atoms with Crippen molar-refractivity contribution in [1.29, 1.82) is 0 Å². The molecule has 5 heteroatoms. The van der Waals surface area contributed by atoms with Gasteiger partial charge < -0.3 is 16.3 Å². The van der Waals surface area contributed by atoms with Gasteiger partial charge in [0.25, 0.3) is 0 Å². The lowest BCUT2D eigenvalue weighted by molar-refractivity contribution is 0.316. The van der Waals surface area contributed by atoms with E-state index in [4.69, 9.17) is 10.9 Å². The van der Waals surface area contributed by atoms with Gasteiger partial charge in [0.1, 0.15) is 5.84 Å². The molecule has 4 nitrogen and oxygen atoms in total. The Morgan fingerprint density at radius 1 is 1.64 bits per heavy atom. The highest BCUT2D eigenvalue weighted by molar-refractivity contribution is 7.98. The van der Waals surface area contributed by atoms with Gasteiger partial charge in [-0.3, -0.25) is 0 Å². The van der Waals surface area contributed by atoms with Crippen molar-refractivity contribution >= 4 is 17.6 Å². The zero-order valence-electron chi connectivity index (χ0n) is 8.99. The standard InChI is InChI=1S/C9H21N3OS/c1-8(7-14-2)6-11-5-3-4-9(10)12-13/h8,11,13H,3-7H2,1-2H3,(H2,10,12). The van der Waals surface area contributed by atoms with E-state index in [1.165, 1.54) is 5.75 Å². The van der Waals surface area contributed by atoms with Crippen molar-refractivity contribution < 1.29 is 5.21 Å². The Bertz CT molecular complexity index is 164. The van der Waals surface area contributed by atoms with Gasteiger partial charge in [-0.15, -0.1) is 0 Å². The molecule has 0 bridgehead atoms. The molecule has 0 fully saturated rings. The molecular formula is C9H21N3OS. The van der Waals surface area contributed by atoms with Crippen LogP contribution in [0.15, 0.2) is 5.16 Å². The maximum absolute atomic E-state index is 8.29. The molecule has 0 aromatic carbocycles. The monoisotopic (exact) mass is 219 g/mol. The van der Waals surface area contributed by atoms with Crippen molar-refractivity contribution in [2.75, 3.05) is 25.1 Å². The Kier molecular flexibility index (Phi) is 8.87. The van der Waals surface area contributed by atoms with Crippen molar-refractivity contribution in [2.45, 2.75) is 19.8 Å². The first-order valence-corrected chi connectivity index (χ1v) is 6.26. The van der Waals surface area contributed by atoms with E-state index >= 15 is 0 Å². The largest absolute Gasteiger partial charge is 0.409 e. The molecular weight excluding hydrogens is 198 g/mol. The smallest absolute Gasteiger partial charge is 0.139 e. The molecule has 1 unspecified atom stereocenters. The number of hydrogen-bond donors (Lipinski definition) is 3. The van der Waals surface area contributed by atoms with Crippen LogP contribution in [0.3, 0.4) is 0 Å². The summed E-state index contributed by atoms with van der Waals surface area (Å²) in [6, 6.07) is 0. The van der Waals surface area contributed by atoms with Gasteiger partial charge in [0.2, 0.25) is 0 Å². The lowest BCUT2D eigenvalue weighted by Crippen LogP contribution is -2.24. The van der Waals surface area contributed by atoms with E-state index in [0.29, 0.717) is 18.2 Å². The number of nitrogens with two attached hydrogens (primary N) is 1. The van der Waals surface area contributed by atoms with E-state index in [-0.39, 0.29) is 0 Å². The molecule has 0 aromatic heterocycles. The Balaban J connectivity index is 3.21. The third kappa shape index (κ3) is 8.19. The lowest BCUT2D eigenvalue weighted by atomic mass is 10.2. The fraction of sp³-hybridized carbons (Fsp3) is 0.889. The molecule has 0 rings (SSSR count). The molecule has 0 aliphatic rings. The molecule has 0 amide bonds. The van der Waals surface area contributed by atoms with E-state index in [0.717, 1.165) is 19.5 Å². The van der Waals surface area contributed by atoms with Gasteiger partial charge in [0.15, 0.2) is 0 Å². The molecule has 84 valence electrons. The van der Waals surface area contributed by atoms with Crippen molar-refractivity contribution in [3.8, 4) is 0 Å². The summed E-state index contributed by atoms with van der Waals surface area (Å²) in [6.07, 6.45) is 3.69. The van der Waals surface area contributed by atoms with Gasteiger partial charge in [-0.25, -0.2) is 0 Å². The van der Waals surface area contributed by atoms with Crippen LogP contribution < -0.4 is 11.1 Å². The fourth-order valence-corrected chi connectivity index (χ4v) is 1.82. The number of nitrogens with one attached hydrogen (secondary N) is 1. The molecule has 0 aliphatic carbocycles. The van der Waals surface area contributed by atoms with Crippen LogP contribution in [-0.2, 0) is 0 Å². The van der Waals surface area contributed by atoms with Gasteiger partial charge in [0, 0.05) is 6.42 Å². The van der Waals surface area contributed by atoms with Gasteiger partial charge in [-0.05, 0) is 37.4 Å². The third-order valence-electron chi connectivity index (χ3n) is 1.86. The maximum Gasteiger partial charge on any atom is 0.139 e. The summed E-state index contributed by atoms with van der Waals surface area (Å²) < 4.78 is 0. The molecule has 0 saturated heterocycles. The molecule has 4 N–H and O–H groups in total. The van der Waals surface area contributed by atoms with E-state index in [9.17, 15) is 0 Å². The summed E-state index contributed by atoms with van der Waals surface area (Å²) >= 11 is 1.87. The first kappa shape index (κ1) is 13.6. The van der Waals surface area contributed by atoms with Crippen LogP contribution in [0, 0.1) is 5.92 Å². The van der Waals surface area contributed by atoms with Crippen molar-refractivity contribution in [3.63, 3.8) is 0 Å². The average molecular weight is 219 g/mol. The minimum atomic E-state index is 0.309. The van der Waals surface area contributed by atoms with Gasteiger partial charge in [0.05, 0.1) is 0 Å². The molecule has 0 radical (unpaired) electrons. The predicted octanol–water partition coefficient (Wildman–Crippen LogP) is 1.10. The third-order valence-corrected chi connectivity index (χ3v) is 2.76. The summed E-state index contributed by atoms with van der Waals surface area (Å²) in [4.78, 5) is 0. The summed E-state index contributed by atoms with van der Waals surface area (Å²) in [6.45, 7) is 4.19. The average Bonchev–Trinajstić information content (AvgIpc) is 2.17. The normalized spacial score (nSPS) is 14.3. The van der Waals surface area contributed by atoms with E-state index in [1.54, 1.807) is 0 Å². The van der Waals surface area contributed by atoms with Gasteiger partial charge in [-0.1, -0.05) is 12.1 Å². The minimum absolute atomic E-state index is 0.309. The maximum atomic E-state index is 8.29. The molecule has 14 heavy (non-hydrogen) atoms. The Hall–Kier alpha value is -0.420. The Labute approximate surface area is 90.3 Å². The highest BCUT2D eigenvalue weighted by Gasteiger charge is 1.99. The van der Waals surface area contributed by atoms with Crippen molar-refractivity contribution in [1.82, 2.24) is 5.32 Å². The van der Waals surface area contributed by atoms with Crippen LogP contribution in [-0.4, -0.2) is 36.1 Å². The summed E-state index contributed by atoms with van der Waals surface area (Å²) in [5.74, 6) is 2.20. The van der Waals surface area contributed by atoms with Crippen LogP contribution in [0.5, 0.6) is 0 Å². The number of oxime groups is 1. The quantitative estimate of drug-likeness (QED) is 0.188. The van der Waals surface area contributed by atoms with Crippen LogP contribution in [0.1, 0.15) is 19.8 Å². The number of nitrogens with zero attached hydrogens (tertiary/aromatic N) is 1. The second-order valence-corrected chi connectivity index (χ2v) is 4.37. The van der Waals surface area contributed by atoms with Crippen LogP contribution in [0.25, 0.3) is 0 Å². The molecule has 1 atom stereocenters. The molecule has 0 aromatic rings. The van der Waals surface area contributed by atoms with Crippen molar-refractivity contribution in [2.24, 2.45) is 16.8 Å². The van der Waals surface area contributed by atoms with Crippen LogP contribution in [0.2, 0.25) is 0 Å². The van der Waals surface area contributed by atoms with Crippen LogP contribution >= 0.6 is 11.8 Å². The summed E-state index contributed by atoms with van der Waals surface area (Å²) in [5.41, 5.74) is 5.33. The number of amidine groups is 1. The number of hydrogen-bond acceptors (Lipinski definition) is 4. The Morgan fingerprint density at radius 2 is 2.36 bits per heavy atom. The molecule has 0 saturated carbocycles. The first-order chi connectivity index (χ1) is 6.70. The van der Waals surface area contributed by atoms with E-state index in [2.05, 4.69) is 23.7 Å². The Morgan fingerprint density at radius 3 is 2.93 bits per heavy atom. The number of rotatable bonds is 8. The second kappa shape index (κ2) is 9.15. The first-order valence-electron chi connectivity index (χ1n) is 4.86. The van der Waals surface area contributed by atoms with Crippen LogP contribution in [0.4, 0.5) is 0 Å². The summed E-state index contributed by atoms with van der Waals surface area (Å²) in [7, 11) is 0. The topological polar surface area (TPSA) is 70.6 Å². The highest BCUT2D eigenvalue weighted by Crippen LogP contribution is 2.02. The molecule has 0 spiro atoms. The van der Waals surface area contributed by atoms with Gasteiger partial charge >= 0.3 is 0 Å². The summed E-state index contributed by atoms with van der Waals surface area (Å²) in [5, 5.41) is 14.5. The molecule has 0 aliphatic heterocycles. The van der Waals surface area contributed by atoms with Gasteiger partial charge in [-0.2, -0.15) is 11.8 Å². The lowest BCUT2D eigenvalue weighted by Gasteiger charge is -2.10. The SMILES string of the molecule is CSCC(C)CNCCCC(N)=NO. The fourth-order valence-electron chi connectivity index (χ4n) is 1.14.